The molecule has 0 aliphatic heterocycles. The van der Waals surface area contributed by atoms with Gasteiger partial charge in [0, 0.05) is 6.54 Å². The van der Waals surface area contributed by atoms with E-state index in [1.165, 1.54) is 0 Å². The van der Waals surface area contributed by atoms with E-state index in [9.17, 15) is 4.79 Å². The zero-order chi connectivity index (χ0) is 13.2. The Morgan fingerprint density at radius 2 is 1.95 bits per heavy atom. The number of hydrogen-bond acceptors (Lipinski definition) is 3. The van der Waals surface area contributed by atoms with Crippen molar-refractivity contribution in [1.29, 1.82) is 0 Å². The van der Waals surface area contributed by atoms with Gasteiger partial charge in [0.25, 0.3) is 0 Å². The maximum Gasteiger partial charge on any atom is 0.317 e. The van der Waals surface area contributed by atoms with Crippen LogP contribution in [0.3, 0.4) is 0 Å². The van der Waals surface area contributed by atoms with E-state index in [0.717, 1.165) is 31.7 Å². The van der Waals surface area contributed by atoms with Gasteiger partial charge in [0.2, 0.25) is 0 Å². The monoisotopic (exact) mass is 287 g/mol. The molecule has 4 nitrogen and oxygen atoms in total. The van der Waals surface area contributed by atoms with E-state index in [2.05, 4.69) is 6.92 Å². The highest BCUT2D eigenvalue weighted by molar-refractivity contribution is 5.85. The van der Waals surface area contributed by atoms with Gasteiger partial charge in [-0.05, 0) is 31.5 Å². The molecule has 0 bridgehead atoms. The zero-order valence-electron chi connectivity index (χ0n) is 11.2. The van der Waals surface area contributed by atoms with Crippen LogP contribution in [0.15, 0.2) is 30.3 Å². The Bertz CT molecular complexity index is 346. The summed E-state index contributed by atoms with van der Waals surface area (Å²) in [7, 11) is 0. The summed E-state index contributed by atoms with van der Waals surface area (Å²) in [6.45, 7) is 4.35. The van der Waals surface area contributed by atoms with Gasteiger partial charge in [-0.2, -0.15) is 0 Å². The summed E-state index contributed by atoms with van der Waals surface area (Å²) in [4.78, 5) is 12.6. The molecule has 0 saturated carbocycles. The van der Waals surface area contributed by atoms with Gasteiger partial charge in [-0.15, -0.1) is 12.4 Å². The lowest BCUT2D eigenvalue weighted by molar-refractivity contribution is -0.138. The van der Waals surface area contributed by atoms with E-state index in [4.69, 9.17) is 9.84 Å². The minimum Gasteiger partial charge on any atom is -0.494 e. The summed E-state index contributed by atoms with van der Waals surface area (Å²) in [5.41, 5.74) is 0. The van der Waals surface area contributed by atoms with Crippen LogP contribution in [0.2, 0.25) is 0 Å². The second-order valence-electron chi connectivity index (χ2n) is 4.18. The fraction of sp³-hybridized carbons (Fsp3) is 0.500. The van der Waals surface area contributed by atoms with Crippen LogP contribution in [-0.4, -0.2) is 42.2 Å². The molecule has 0 saturated heterocycles. The molecule has 0 aliphatic rings. The molecule has 0 unspecified atom stereocenters. The quantitative estimate of drug-likeness (QED) is 0.710. The molecule has 108 valence electrons. The molecule has 0 aromatic heterocycles. The number of halogens is 1. The number of hydrogen-bond donors (Lipinski definition) is 1. The van der Waals surface area contributed by atoms with Gasteiger partial charge in [0.15, 0.2) is 0 Å². The third-order valence-electron chi connectivity index (χ3n) is 2.53. The Morgan fingerprint density at radius 3 is 2.53 bits per heavy atom. The average Bonchev–Trinajstić information content (AvgIpc) is 2.35. The molecule has 0 radical (unpaired) electrons. The van der Waals surface area contributed by atoms with E-state index in [-0.39, 0.29) is 19.0 Å². The SMILES string of the molecule is CCCN(CCCOc1ccccc1)CC(=O)O.Cl. The lowest BCUT2D eigenvalue weighted by Crippen LogP contribution is -2.32. The normalized spacial score (nSPS) is 10.0. The van der Waals surface area contributed by atoms with Crippen molar-refractivity contribution in [3.05, 3.63) is 30.3 Å². The van der Waals surface area contributed by atoms with Crippen molar-refractivity contribution in [2.24, 2.45) is 0 Å². The second-order valence-corrected chi connectivity index (χ2v) is 4.18. The van der Waals surface area contributed by atoms with Crippen LogP contribution < -0.4 is 4.74 Å². The molecule has 0 amide bonds. The van der Waals surface area contributed by atoms with E-state index >= 15 is 0 Å². The minimum atomic E-state index is -0.771. The Hall–Kier alpha value is -1.26. The smallest absolute Gasteiger partial charge is 0.317 e. The molecule has 0 aliphatic carbocycles. The van der Waals surface area contributed by atoms with Crippen molar-refractivity contribution in [1.82, 2.24) is 4.90 Å². The molecular weight excluding hydrogens is 266 g/mol. The molecule has 5 heteroatoms. The number of aliphatic carboxylic acids is 1. The van der Waals surface area contributed by atoms with Crippen LogP contribution in [0.4, 0.5) is 0 Å². The number of para-hydroxylation sites is 1. The molecule has 1 rings (SSSR count). The van der Waals surface area contributed by atoms with Crippen molar-refractivity contribution in [3.63, 3.8) is 0 Å². The molecule has 1 aromatic carbocycles. The maximum atomic E-state index is 10.7. The first-order chi connectivity index (χ1) is 8.72. The Labute approximate surface area is 120 Å². The summed E-state index contributed by atoms with van der Waals surface area (Å²) >= 11 is 0. The van der Waals surface area contributed by atoms with Gasteiger partial charge >= 0.3 is 5.97 Å². The first kappa shape index (κ1) is 17.7. The Morgan fingerprint density at radius 1 is 1.26 bits per heavy atom. The third-order valence-corrected chi connectivity index (χ3v) is 2.53. The fourth-order valence-corrected chi connectivity index (χ4v) is 1.77. The second kappa shape index (κ2) is 10.6. The lowest BCUT2D eigenvalue weighted by atomic mass is 10.3. The van der Waals surface area contributed by atoms with E-state index in [1.54, 1.807) is 0 Å². The maximum absolute atomic E-state index is 10.7. The van der Waals surface area contributed by atoms with Crippen LogP contribution >= 0.6 is 12.4 Å². The summed E-state index contributed by atoms with van der Waals surface area (Å²) in [6.07, 6.45) is 1.80. The Kier molecular flexibility index (Phi) is 9.94. The number of ether oxygens (including phenoxy) is 1. The molecule has 1 aromatic rings. The summed E-state index contributed by atoms with van der Waals surface area (Å²) in [6, 6.07) is 9.65. The largest absolute Gasteiger partial charge is 0.494 e. The molecular formula is C14H22ClNO3. The fourth-order valence-electron chi connectivity index (χ4n) is 1.77. The first-order valence-electron chi connectivity index (χ1n) is 6.34. The number of rotatable bonds is 9. The van der Waals surface area contributed by atoms with Crippen LogP contribution in [-0.2, 0) is 4.79 Å². The Balaban J connectivity index is 0.00000324. The molecule has 19 heavy (non-hydrogen) atoms. The molecule has 0 fully saturated rings. The number of carboxylic acids is 1. The van der Waals surface area contributed by atoms with Crippen LogP contribution in [0.5, 0.6) is 5.75 Å². The molecule has 0 spiro atoms. The van der Waals surface area contributed by atoms with Gasteiger partial charge < -0.3 is 9.84 Å². The highest BCUT2D eigenvalue weighted by Crippen LogP contribution is 2.08. The van der Waals surface area contributed by atoms with Crippen LogP contribution in [0.25, 0.3) is 0 Å². The van der Waals surface area contributed by atoms with E-state index < -0.39 is 5.97 Å². The van der Waals surface area contributed by atoms with Crippen LogP contribution in [0.1, 0.15) is 19.8 Å². The minimum absolute atomic E-state index is 0. The summed E-state index contributed by atoms with van der Waals surface area (Å²) in [5.74, 6) is 0.0882. The van der Waals surface area contributed by atoms with Crippen molar-refractivity contribution < 1.29 is 14.6 Å². The van der Waals surface area contributed by atoms with E-state index in [0.29, 0.717) is 6.61 Å². The predicted molar refractivity (Wildman–Crippen MR) is 78.2 cm³/mol. The van der Waals surface area contributed by atoms with E-state index in [1.807, 2.05) is 35.2 Å². The van der Waals surface area contributed by atoms with Gasteiger partial charge in [-0.3, -0.25) is 9.69 Å². The highest BCUT2D eigenvalue weighted by atomic mass is 35.5. The highest BCUT2D eigenvalue weighted by Gasteiger charge is 2.07. The predicted octanol–water partition coefficient (Wildman–Crippen LogP) is 2.67. The number of benzene rings is 1. The first-order valence-corrected chi connectivity index (χ1v) is 6.34. The molecule has 0 heterocycles. The standard InChI is InChI=1S/C14H21NO3.ClH/c1-2-9-15(12-14(16)17)10-6-11-18-13-7-4-3-5-8-13;/h3-5,7-8H,2,6,9-12H2,1H3,(H,16,17);1H. The lowest BCUT2D eigenvalue weighted by Gasteiger charge is -2.19. The van der Waals surface area contributed by atoms with Crippen molar-refractivity contribution >= 4 is 18.4 Å². The zero-order valence-corrected chi connectivity index (χ0v) is 12.1. The van der Waals surface area contributed by atoms with Crippen molar-refractivity contribution in [3.8, 4) is 5.75 Å². The van der Waals surface area contributed by atoms with Gasteiger partial charge in [0.1, 0.15) is 5.75 Å². The third kappa shape index (κ3) is 8.46. The number of carbonyl (C=O) groups is 1. The van der Waals surface area contributed by atoms with Crippen molar-refractivity contribution in [2.45, 2.75) is 19.8 Å². The van der Waals surface area contributed by atoms with Gasteiger partial charge in [0.05, 0.1) is 13.2 Å². The van der Waals surface area contributed by atoms with Gasteiger partial charge in [-0.1, -0.05) is 25.1 Å². The van der Waals surface area contributed by atoms with Crippen molar-refractivity contribution in [2.75, 3.05) is 26.2 Å². The summed E-state index contributed by atoms with van der Waals surface area (Å²) < 4.78 is 5.57. The summed E-state index contributed by atoms with van der Waals surface area (Å²) in [5, 5.41) is 8.77. The number of nitrogens with zero attached hydrogens (tertiary/aromatic N) is 1. The molecule has 0 atom stereocenters. The van der Waals surface area contributed by atoms with Gasteiger partial charge in [-0.25, -0.2) is 0 Å². The average molecular weight is 288 g/mol. The number of carboxylic acid groups (broad SMARTS) is 1. The molecule has 1 N–H and O–H groups in total. The van der Waals surface area contributed by atoms with Crippen LogP contribution in [0, 0.1) is 0 Å². The topological polar surface area (TPSA) is 49.8 Å².